The van der Waals surface area contributed by atoms with E-state index in [-0.39, 0.29) is 17.3 Å². The predicted octanol–water partition coefficient (Wildman–Crippen LogP) is -1.00. The average molecular weight is 905 g/mol. The minimum absolute atomic E-state index is 0.0217. The van der Waals surface area contributed by atoms with Crippen molar-refractivity contribution in [2.24, 2.45) is 34.0 Å². The predicted molar refractivity (Wildman–Crippen MR) is 212 cm³/mol. The number of ether oxygens (including phenoxy) is 7. The van der Waals surface area contributed by atoms with Crippen LogP contribution in [0.15, 0.2) is 12.2 Å². The summed E-state index contributed by atoms with van der Waals surface area (Å²) in [7, 11) is 0. The summed E-state index contributed by atoms with van der Waals surface area (Å²) in [5, 5.41) is 104. The summed E-state index contributed by atoms with van der Waals surface area (Å²) in [6.07, 6.45) is -17.5. The molecule has 0 spiro atoms. The molecule has 0 unspecified atom stereocenters. The van der Waals surface area contributed by atoms with Crippen LogP contribution in [0.4, 0.5) is 0 Å². The van der Waals surface area contributed by atoms with E-state index in [1.54, 1.807) is 0 Å². The molecule has 3 heterocycles. The molecule has 3 aliphatic heterocycles. The Labute approximate surface area is 366 Å². The number of rotatable bonds is 12. The van der Waals surface area contributed by atoms with Gasteiger partial charge >= 0.3 is 17.9 Å². The van der Waals surface area contributed by atoms with Crippen LogP contribution in [-0.2, 0) is 47.5 Å². The first-order chi connectivity index (χ1) is 29.4. The Morgan fingerprint density at radius 3 is 1.94 bits per heavy atom. The first-order valence-electron chi connectivity index (χ1n) is 22.0. The van der Waals surface area contributed by atoms with Gasteiger partial charge in [0.15, 0.2) is 12.6 Å². The van der Waals surface area contributed by atoms with Crippen molar-refractivity contribution in [3.05, 3.63) is 12.2 Å². The molecule has 20 nitrogen and oxygen atoms in total. The minimum Gasteiger partial charge on any atom is -0.481 e. The zero-order valence-corrected chi connectivity index (χ0v) is 36.6. The van der Waals surface area contributed by atoms with Crippen LogP contribution in [-0.4, -0.2) is 180 Å². The van der Waals surface area contributed by atoms with Crippen LogP contribution < -0.4 is 0 Å². The van der Waals surface area contributed by atoms with Gasteiger partial charge in [0, 0.05) is 5.92 Å². The third-order valence-corrected chi connectivity index (χ3v) is 15.6. The van der Waals surface area contributed by atoms with Crippen LogP contribution >= 0.6 is 0 Å². The minimum atomic E-state index is -1.74. The van der Waals surface area contributed by atoms with Crippen molar-refractivity contribution >= 4 is 17.9 Å². The van der Waals surface area contributed by atoms with Gasteiger partial charge in [-0.2, -0.15) is 0 Å². The van der Waals surface area contributed by atoms with Crippen LogP contribution in [0.1, 0.15) is 92.4 Å². The van der Waals surface area contributed by atoms with Crippen molar-refractivity contribution in [2.75, 3.05) is 19.8 Å². The fourth-order valence-corrected chi connectivity index (χ4v) is 11.8. The summed E-state index contributed by atoms with van der Waals surface area (Å²) in [6, 6.07) is 0. The molecule has 6 fully saturated rings. The summed E-state index contributed by atoms with van der Waals surface area (Å²) in [5.74, 6) is -4.25. The number of carboxylic acids is 1. The van der Waals surface area contributed by atoms with Gasteiger partial charge in [0.05, 0.1) is 30.3 Å². The van der Waals surface area contributed by atoms with E-state index in [0.29, 0.717) is 50.5 Å². The van der Waals surface area contributed by atoms with E-state index in [2.05, 4.69) is 20.4 Å². The van der Waals surface area contributed by atoms with E-state index >= 15 is 0 Å². The Morgan fingerprint density at radius 2 is 1.30 bits per heavy atom. The molecule has 0 radical (unpaired) electrons. The topological polar surface area (TPSA) is 318 Å². The molecule has 3 saturated carbocycles. The molecule has 10 N–H and O–H groups in total. The molecule has 21 atom stereocenters. The lowest BCUT2D eigenvalue weighted by Crippen LogP contribution is -2.64. The second-order valence-electron chi connectivity index (χ2n) is 19.8. The fraction of sp³-hybridized carbons (Fsp3) is 0.884. The highest BCUT2D eigenvalue weighted by Gasteiger charge is 2.64. The number of aliphatic hydroxyl groups is 9. The number of aliphatic hydroxyl groups excluding tert-OH is 9. The quantitative estimate of drug-likeness (QED) is 0.0638. The van der Waals surface area contributed by atoms with E-state index in [0.717, 1.165) is 6.42 Å². The zero-order chi connectivity index (χ0) is 46.6. The lowest BCUT2D eigenvalue weighted by atomic mass is 9.42. The largest absolute Gasteiger partial charge is 0.481 e. The van der Waals surface area contributed by atoms with Crippen molar-refractivity contribution in [3.63, 3.8) is 0 Å². The molecule has 3 aliphatic carbocycles. The van der Waals surface area contributed by atoms with Gasteiger partial charge in [0.2, 0.25) is 6.29 Å². The lowest BCUT2D eigenvalue weighted by Gasteiger charge is -2.62. The molecule has 360 valence electrons. The number of fused-ring (bicyclic) bond motifs is 3. The zero-order valence-electron chi connectivity index (χ0n) is 36.6. The van der Waals surface area contributed by atoms with Gasteiger partial charge in [-0.3, -0.25) is 14.4 Å². The Hall–Kier alpha value is -2.41. The lowest BCUT2D eigenvalue weighted by molar-refractivity contribution is -0.370. The smallest absolute Gasteiger partial charge is 0.317 e. The summed E-state index contributed by atoms with van der Waals surface area (Å²) >= 11 is 0. The molecule has 3 saturated heterocycles. The van der Waals surface area contributed by atoms with E-state index in [1.807, 2.05) is 13.8 Å². The maximum atomic E-state index is 14.2. The number of hydrogen-bond donors (Lipinski definition) is 10. The van der Waals surface area contributed by atoms with Gasteiger partial charge in [-0.25, -0.2) is 0 Å². The molecule has 6 aliphatic rings. The number of carbonyl (C=O) groups is 3. The van der Waals surface area contributed by atoms with Crippen LogP contribution in [0.3, 0.4) is 0 Å². The molecule has 0 aromatic heterocycles. The molecule has 20 heteroatoms. The molecule has 63 heavy (non-hydrogen) atoms. The summed E-state index contributed by atoms with van der Waals surface area (Å²) in [4.78, 5) is 37.1. The van der Waals surface area contributed by atoms with Gasteiger partial charge in [-0.15, -0.1) is 0 Å². The maximum absolute atomic E-state index is 14.2. The van der Waals surface area contributed by atoms with Crippen LogP contribution in [0.25, 0.3) is 0 Å². The second-order valence-corrected chi connectivity index (χ2v) is 19.8. The fourth-order valence-electron chi connectivity index (χ4n) is 11.8. The van der Waals surface area contributed by atoms with Crippen molar-refractivity contribution in [3.8, 4) is 0 Å². The van der Waals surface area contributed by atoms with Gasteiger partial charge in [-0.05, 0) is 87.0 Å². The summed E-state index contributed by atoms with van der Waals surface area (Å²) in [5.41, 5.74) is -2.18. The normalized spacial score (nSPS) is 49.2. The third kappa shape index (κ3) is 9.45. The number of hydrogen-bond acceptors (Lipinski definition) is 19. The highest BCUT2D eigenvalue weighted by atomic mass is 16.8. The first-order valence-corrected chi connectivity index (χ1v) is 22.0. The van der Waals surface area contributed by atoms with E-state index in [9.17, 15) is 60.3 Å². The van der Waals surface area contributed by atoms with Crippen LogP contribution in [0.2, 0.25) is 0 Å². The van der Waals surface area contributed by atoms with Crippen molar-refractivity contribution < 1.29 is 98.6 Å². The summed E-state index contributed by atoms with van der Waals surface area (Å²) in [6.45, 7) is 12.1. The number of aliphatic carboxylic acids is 1. The van der Waals surface area contributed by atoms with Crippen molar-refractivity contribution in [2.45, 2.75) is 184 Å². The molecule has 0 amide bonds. The van der Waals surface area contributed by atoms with Crippen LogP contribution in [0.5, 0.6) is 0 Å². The Kier molecular flexibility index (Phi) is 15.1. The van der Waals surface area contributed by atoms with E-state index in [1.165, 1.54) is 6.92 Å². The van der Waals surface area contributed by atoms with E-state index < -0.39 is 153 Å². The second kappa shape index (κ2) is 19.1. The molecule has 0 bridgehead atoms. The number of carbonyl (C=O) groups excluding carboxylic acids is 2. The van der Waals surface area contributed by atoms with Crippen molar-refractivity contribution in [1.29, 1.82) is 0 Å². The average Bonchev–Trinajstić information content (AvgIpc) is 3.32. The van der Waals surface area contributed by atoms with Crippen LogP contribution in [0, 0.1) is 34.0 Å². The standard InChI is InChI=1S/C43H68O20/c1-19-15-40(3)12-8-25-41(4,10-7-11-42(25,5)39(56)62-37-34(55)32(53)29(50)21(16-44)58-37)24(40)9-13-43(19,6)63-38-35(33(54)30(51)22(17-45)59-38)61-36-20(2)28(49)31(52)23(60-36)18-57-27(48)14-26(46)47/h20-25,28-38,44-45,49-55H,1,7-18H2,2-6H3,(H,46,47)/t20-,21-,22-,23-,24-,25+,28-,29-,30-,31-,32+,33+,34-,35-,36+,37+,38+,40-,41+,42-,43-/m1/s1. The molecular formula is C43H68O20. The van der Waals surface area contributed by atoms with Gasteiger partial charge in [0.25, 0.3) is 0 Å². The van der Waals surface area contributed by atoms with Gasteiger partial charge < -0.3 is 84.2 Å². The number of carboxylic acid groups (broad SMARTS) is 1. The maximum Gasteiger partial charge on any atom is 0.317 e. The molecule has 6 rings (SSSR count). The summed E-state index contributed by atoms with van der Waals surface area (Å²) < 4.78 is 41.3. The number of esters is 2. The van der Waals surface area contributed by atoms with Gasteiger partial charge in [0.1, 0.15) is 74.1 Å². The van der Waals surface area contributed by atoms with Crippen molar-refractivity contribution in [1.82, 2.24) is 0 Å². The Morgan fingerprint density at radius 1 is 0.714 bits per heavy atom. The molecular weight excluding hydrogens is 836 g/mol. The molecule has 0 aromatic carbocycles. The Bertz CT molecular complexity index is 1660. The highest BCUT2D eigenvalue weighted by molar-refractivity contribution is 5.90. The SMILES string of the molecule is C=C1C[C@@]2(C)CC[C@H]3[C@@](C)(CCC[C@@]3(C)C(=O)O[C@@H]3O[C@H](CO)[C@@H](O)[C@H](O)[C@H]3O)[C@@H]2CC[C@@]1(C)O[C@@H]1O[C@H](CO)[C@@H](O)[C@H](O)[C@H]1O[C@@H]1O[C@H](COC(=O)CC(=O)O)[C@@H](O)[C@H](O)[C@H]1C. The Balaban J connectivity index is 1.21. The molecule has 0 aromatic rings. The van der Waals surface area contributed by atoms with Gasteiger partial charge in [-0.1, -0.05) is 33.8 Å². The highest BCUT2D eigenvalue weighted by Crippen LogP contribution is 2.68. The monoisotopic (exact) mass is 904 g/mol. The van der Waals surface area contributed by atoms with E-state index in [4.69, 9.17) is 38.3 Å². The third-order valence-electron chi connectivity index (χ3n) is 15.6. The first kappa shape index (κ1) is 50.0.